The number of primary amides is 1. The highest BCUT2D eigenvalue weighted by Crippen LogP contribution is 2.31. The van der Waals surface area contributed by atoms with E-state index in [0.29, 0.717) is 19.5 Å². The number of amides is 1. The van der Waals surface area contributed by atoms with Gasteiger partial charge in [-0.05, 0) is 25.5 Å². The molecule has 1 aliphatic heterocycles. The molecule has 1 amide bonds. The molecule has 4 N–H and O–H groups in total. The first-order valence-corrected chi connectivity index (χ1v) is 7.63. The van der Waals surface area contributed by atoms with Crippen molar-refractivity contribution in [3.05, 3.63) is 23.2 Å². The molecule has 0 bridgehead atoms. The van der Waals surface area contributed by atoms with Crippen LogP contribution < -0.4 is 5.73 Å². The van der Waals surface area contributed by atoms with Crippen LogP contribution in [0.3, 0.4) is 0 Å². The number of aliphatic hydroxyl groups is 2. The van der Waals surface area contributed by atoms with Crippen molar-refractivity contribution in [2.75, 3.05) is 19.7 Å². The Balaban J connectivity index is 2.23. The van der Waals surface area contributed by atoms with E-state index in [1.54, 1.807) is 6.07 Å². The predicted octanol–water partition coefficient (Wildman–Crippen LogP) is 0.995. The molecule has 0 spiro atoms. The van der Waals surface area contributed by atoms with E-state index in [9.17, 15) is 15.0 Å². The summed E-state index contributed by atoms with van der Waals surface area (Å²) in [6, 6.07) is 1.69. The SMILES string of the molecule is CC(C)(C)c1oc(C(N)=O)cc1CN1CCCC(O)(CO)C1. The van der Waals surface area contributed by atoms with Crippen molar-refractivity contribution >= 4 is 5.91 Å². The largest absolute Gasteiger partial charge is 0.455 e. The molecule has 1 atom stereocenters. The van der Waals surface area contributed by atoms with Gasteiger partial charge in [-0.3, -0.25) is 9.69 Å². The van der Waals surface area contributed by atoms with Gasteiger partial charge in [0.15, 0.2) is 5.76 Å². The molecule has 0 radical (unpaired) electrons. The molecule has 1 fully saturated rings. The van der Waals surface area contributed by atoms with E-state index in [2.05, 4.69) is 4.90 Å². The maximum atomic E-state index is 11.4. The van der Waals surface area contributed by atoms with Crippen LogP contribution in [0.2, 0.25) is 0 Å². The number of nitrogens with two attached hydrogens (primary N) is 1. The fourth-order valence-electron chi connectivity index (χ4n) is 3.01. The number of furan rings is 1. The summed E-state index contributed by atoms with van der Waals surface area (Å²) in [5, 5.41) is 19.6. The Hall–Kier alpha value is -1.37. The highest BCUT2D eigenvalue weighted by molar-refractivity contribution is 5.90. The second-order valence-corrected chi connectivity index (χ2v) is 7.28. The van der Waals surface area contributed by atoms with Crippen LogP contribution >= 0.6 is 0 Å². The number of hydrogen-bond donors (Lipinski definition) is 3. The molecule has 2 heterocycles. The van der Waals surface area contributed by atoms with Crippen LogP contribution in [-0.4, -0.2) is 46.3 Å². The molecule has 1 aromatic rings. The van der Waals surface area contributed by atoms with E-state index >= 15 is 0 Å². The van der Waals surface area contributed by atoms with Crippen LogP contribution in [-0.2, 0) is 12.0 Å². The average molecular weight is 310 g/mol. The maximum absolute atomic E-state index is 11.4. The average Bonchev–Trinajstić information content (AvgIpc) is 2.83. The van der Waals surface area contributed by atoms with Gasteiger partial charge in [0.25, 0.3) is 5.91 Å². The van der Waals surface area contributed by atoms with Crippen molar-refractivity contribution in [2.45, 2.75) is 51.2 Å². The van der Waals surface area contributed by atoms with Gasteiger partial charge in [-0.2, -0.15) is 0 Å². The minimum Gasteiger partial charge on any atom is -0.455 e. The molecule has 1 aliphatic rings. The summed E-state index contributed by atoms with van der Waals surface area (Å²) in [4.78, 5) is 13.5. The second kappa shape index (κ2) is 6.02. The number of aliphatic hydroxyl groups excluding tert-OH is 1. The summed E-state index contributed by atoms with van der Waals surface area (Å²) in [5.74, 6) is 0.316. The van der Waals surface area contributed by atoms with Gasteiger partial charge < -0.3 is 20.4 Å². The lowest BCUT2D eigenvalue weighted by Crippen LogP contribution is -2.50. The standard InChI is InChI=1S/C16H26N2O4/c1-15(2,3)13-11(7-12(22-13)14(17)20)8-18-6-4-5-16(21,9-18)10-19/h7,19,21H,4-6,8-10H2,1-3H3,(H2,17,20). The zero-order chi connectivity index (χ0) is 16.5. The Bertz CT molecular complexity index is 547. The van der Waals surface area contributed by atoms with E-state index in [4.69, 9.17) is 10.2 Å². The van der Waals surface area contributed by atoms with Crippen LogP contribution in [0.25, 0.3) is 0 Å². The van der Waals surface area contributed by atoms with E-state index in [1.165, 1.54) is 0 Å². The third-order valence-corrected chi connectivity index (χ3v) is 4.06. The third kappa shape index (κ3) is 3.69. The van der Waals surface area contributed by atoms with Gasteiger partial charge in [0.1, 0.15) is 11.4 Å². The van der Waals surface area contributed by atoms with Crippen molar-refractivity contribution in [3.63, 3.8) is 0 Å². The van der Waals surface area contributed by atoms with Crippen molar-refractivity contribution in [2.24, 2.45) is 5.73 Å². The molecule has 6 heteroatoms. The molecular formula is C16H26N2O4. The Morgan fingerprint density at radius 3 is 2.73 bits per heavy atom. The Labute approximate surface area is 130 Å². The Morgan fingerprint density at radius 1 is 1.50 bits per heavy atom. The fourth-order valence-corrected chi connectivity index (χ4v) is 3.01. The summed E-state index contributed by atoms with van der Waals surface area (Å²) < 4.78 is 5.65. The molecule has 1 unspecified atom stereocenters. The Kier molecular flexibility index (Phi) is 4.65. The molecule has 1 saturated heterocycles. The molecule has 124 valence electrons. The number of piperidine rings is 1. The lowest BCUT2D eigenvalue weighted by Gasteiger charge is -2.38. The van der Waals surface area contributed by atoms with Gasteiger partial charge in [0.05, 0.1) is 6.61 Å². The molecule has 1 aromatic heterocycles. The second-order valence-electron chi connectivity index (χ2n) is 7.28. The predicted molar refractivity (Wildman–Crippen MR) is 82.5 cm³/mol. The summed E-state index contributed by atoms with van der Waals surface area (Å²) in [6.07, 6.45) is 1.42. The smallest absolute Gasteiger partial charge is 0.284 e. The first-order chi connectivity index (χ1) is 10.1. The topological polar surface area (TPSA) is 99.9 Å². The van der Waals surface area contributed by atoms with Crippen molar-refractivity contribution in [1.29, 1.82) is 0 Å². The normalized spacial score (nSPS) is 23.7. The molecule has 0 aromatic carbocycles. The van der Waals surface area contributed by atoms with E-state index in [1.807, 2.05) is 20.8 Å². The zero-order valence-corrected chi connectivity index (χ0v) is 13.6. The number of carbonyl (C=O) groups excluding carboxylic acids is 1. The van der Waals surface area contributed by atoms with Crippen LogP contribution in [0, 0.1) is 0 Å². The maximum Gasteiger partial charge on any atom is 0.284 e. The Morgan fingerprint density at radius 2 is 2.18 bits per heavy atom. The first-order valence-electron chi connectivity index (χ1n) is 7.63. The minimum absolute atomic E-state index is 0.161. The van der Waals surface area contributed by atoms with Gasteiger partial charge in [-0.25, -0.2) is 0 Å². The summed E-state index contributed by atoms with van der Waals surface area (Å²) in [5.41, 5.74) is 4.93. The highest BCUT2D eigenvalue weighted by Gasteiger charge is 2.34. The molecule has 0 aliphatic carbocycles. The summed E-state index contributed by atoms with van der Waals surface area (Å²) in [6.45, 7) is 7.60. The van der Waals surface area contributed by atoms with E-state index in [-0.39, 0.29) is 17.8 Å². The van der Waals surface area contributed by atoms with Crippen LogP contribution in [0.15, 0.2) is 10.5 Å². The van der Waals surface area contributed by atoms with Crippen molar-refractivity contribution < 1.29 is 19.4 Å². The lowest BCUT2D eigenvalue weighted by molar-refractivity contribution is -0.0688. The summed E-state index contributed by atoms with van der Waals surface area (Å²) >= 11 is 0. The number of hydrogen-bond acceptors (Lipinski definition) is 5. The van der Waals surface area contributed by atoms with Gasteiger partial charge in [-0.1, -0.05) is 20.8 Å². The van der Waals surface area contributed by atoms with Crippen molar-refractivity contribution in [3.8, 4) is 0 Å². The zero-order valence-electron chi connectivity index (χ0n) is 13.6. The lowest BCUT2D eigenvalue weighted by atomic mass is 9.89. The first kappa shape index (κ1) is 17.0. The molecular weight excluding hydrogens is 284 g/mol. The third-order valence-electron chi connectivity index (χ3n) is 4.06. The molecule has 0 saturated carbocycles. The number of β-amino-alcohol motifs (C(OH)–C–C–N with tert-alkyl or cyclic N) is 1. The number of rotatable bonds is 4. The van der Waals surface area contributed by atoms with Crippen molar-refractivity contribution in [1.82, 2.24) is 4.90 Å². The van der Waals surface area contributed by atoms with Crippen LogP contribution in [0.1, 0.15) is 55.5 Å². The number of carbonyl (C=O) groups is 1. The monoisotopic (exact) mass is 310 g/mol. The number of likely N-dealkylation sites (tertiary alicyclic amines) is 1. The minimum atomic E-state index is -1.05. The van der Waals surface area contributed by atoms with Gasteiger partial charge in [-0.15, -0.1) is 0 Å². The van der Waals surface area contributed by atoms with Gasteiger partial charge >= 0.3 is 0 Å². The molecule has 6 nitrogen and oxygen atoms in total. The van der Waals surface area contributed by atoms with Gasteiger partial charge in [0, 0.05) is 24.1 Å². The van der Waals surface area contributed by atoms with E-state index < -0.39 is 11.5 Å². The van der Waals surface area contributed by atoms with Gasteiger partial charge in [0.2, 0.25) is 0 Å². The quantitative estimate of drug-likeness (QED) is 0.770. The van der Waals surface area contributed by atoms with Crippen LogP contribution in [0.5, 0.6) is 0 Å². The van der Waals surface area contributed by atoms with E-state index in [0.717, 1.165) is 24.3 Å². The number of nitrogens with zero attached hydrogens (tertiary/aromatic N) is 1. The summed E-state index contributed by atoms with van der Waals surface area (Å²) in [7, 11) is 0. The molecule has 22 heavy (non-hydrogen) atoms. The molecule has 2 rings (SSSR count). The van der Waals surface area contributed by atoms with Crippen LogP contribution in [0.4, 0.5) is 0 Å². The highest BCUT2D eigenvalue weighted by atomic mass is 16.4. The fraction of sp³-hybridized carbons (Fsp3) is 0.688.